The lowest BCUT2D eigenvalue weighted by Crippen LogP contribution is -2.48. The number of aromatic nitrogens is 2. The van der Waals surface area contributed by atoms with E-state index < -0.39 is 15.6 Å². The lowest BCUT2D eigenvalue weighted by atomic mass is 10.0. The zero-order chi connectivity index (χ0) is 11.7. The van der Waals surface area contributed by atoms with Crippen LogP contribution in [0.1, 0.15) is 20.8 Å². The molecule has 0 saturated carbocycles. The smallest absolute Gasteiger partial charge is 0.258 e. The number of sulfonamides is 1. The van der Waals surface area contributed by atoms with Crippen LogP contribution in [0.5, 0.6) is 0 Å². The van der Waals surface area contributed by atoms with E-state index in [0.29, 0.717) is 0 Å². The molecule has 0 saturated heterocycles. The van der Waals surface area contributed by atoms with Gasteiger partial charge in [-0.2, -0.15) is 5.10 Å². The van der Waals surface area contributed by atoms with Crippen LogP contribution in [0.2, 0.25) is 0 Å². The van der Waals surface area contributed by atoms with Crippen molar-refractivity contribution < 1.29 is 8.42 Å². The van der Waals surface area contributed by atoms with Gasteiger partial charge in [-0.25, -0.2) is 13.1 Å². The summed E-state index contributed by atoms with van der Waals surface area (Å²) in [5.74, 6) is 0. The molecule has 1 heterocycles. The Kier molecular flexibility index (Phi) is 3.42. The Morgan fingerprint density at radius 2 is 2.20 bits per heavy atom. The van der Waals surface area contributed by atoms with Gasteiger partial charge in [-0.05, 0) is 26.8 Å². The summed E-state index contributed by atoms with van der Waals surface area (Å²) in [5, 5.41) is 5.69. The van der Waals surface area contributed by atoms with Crippen LogP contribution in [-0.4, -0.2) is 29.5 Å². The van der Waals surface area contributed by atoms with Crippen molar-refractivity contribution in [3.05, 3.63) is 12.3 Å². The maximum Gasteiger partial charge on any atom is 0.258 e. The first-order chi connectivity index (χ1) is 6.76. The summed E-state index contributed by atoms with van der Waals surface area (Å²) in [4.78, 5) is 0. The molecule has 5 nitrogen and oxygen atoms in total. The highest BCUT2D eigenvalue weighted by Gasteiger charge is 2.30. The molecule has 0 bridgehead atoms. The first-order valence-electron chi connectivity index (χ1n) is 4.43. The molecule has 2 N–H and O–H groups in total. The van der Waals surface area contributed by atoms with Gasteiger partial charge in [0.2, 0.25) is 0 Å². The lowest BCUT2D eigenvalue weighted by molar-refractivity contribution is 0.444. The van der Waals surface area contributed by atoms with E-state index in [9.17, 15) is 8.42 Å². The van der Waals surface area contributed by atoms with Crippen LogP contribution in [0.25, 0.3) is 0 Å². The predicted molar refractivity (Wildman–Crippen MR) is 58.3 cm³/mol. The SMILES string of the molecule is CC(Cl)C(C)(C)NS(=O)(=O)c1ccn[nH]1. The average molecular weight is 252 g/mol. The number of aromatic amines is 1. The van der Waals surface area contributed by atoms with E-state index in [0.717, 1.165) is 0 Å². The largest absolute Gasteiger partial charge is 0.266 e. The van der Waals surface area contributed by atoms with E-state index >= 15 is 0 Å². The number of hydrogen-bond donors (Lipinski definition) is 2. The van der Waals surface area contributed by atoms with Gasteiger partial charge in [-0.15, -0.1) is 11.6 Å². The third-order valence-corrected chi connectivity index (χ3v) is 4.30. The fourth-order valence-corrected chi connectivity index (χ4v) is 2.39. The minimum Gasteiger partial charge on any atom is -0.266 e. The van der Waals surface area contributed by atoms with Gasteiger partial charge in [-0.3, -0.25) is 5.10 Å². The van der Waals surface area contributed by atoms with Crippen LogP contribution in [-0.2, 0) is 10.0 Å². The Morgan fingerprint density at radius 1 is 1.60 bits per heavy atom. The Bertz CT molecular complexity index is 411. The van der Waals surface area contributed by atoms with Crippen molar-refractivity contribution >= 4 is 21.6 Å². The molecule has 1 rings (SSSR count). The topological polar surface area (TPSA) is 74.8 Å². The Labute approximate surface area is 94.3 Å². The van der Waals surface area contributed by atoms with Gasteiger partial charge in [0.25, 0.3) is 10.0 Å². The van der Waals surface area contributed by atoms with Gasteiger partial charge in [0.1, 0.15) is 0 Å². The molecular weight excluding hydrogens is 238 g/mol. The number of alkyl halides is 1. The zero-order valence-corrected chi connectivity index (χ0v) is 10.4. The van der Waals surface area contributed by atoms with Gasteiger partial charge in [0.15, 0.2) is 5.03 Å². The van der Waals surface area contributed by atoms with Crippen LogP contribution in [0.15, 0.2) is 17.3 Å². The minimum atomic E-state index is -3.57. The standard InChI is InChI=1S/C8H14ClN3O2S/c1-6(9)8(2,3)12-15(13,14)7-4-5-10-11-7/h4-6,12H,1-3H3,(H,10,11). The molecule has 0 aromatic carbocycles. The van der Waals surface area contributed by atoms with Crippen LogP contribution in [0.4, 0.5) is 0 Å². The second-order valence-electron chi connectivity index (χ2n) is 3.86. The van der Waals surface area contributed by atoms with E-state index in [1.807, 2.05) is 0 Å². The maximum absolute atomic E-state index is 11.8. The molecule has 1 atom stereocenters. The van der Waals surface area contributed by atoms with Crippen molar-refractivity contribution in [1.82, 2.24) is 14.9 Å². The molecule has 0 fully saturated rings. The normalized spacial score (nSPS) is 15.2. The first kappa shape index (κ1) is 12.5. The van der Waals surface area contributed by atoms with E-state index in [4.69, 9.17) is 11.6 Å². The van der Waals surface area contributed by atoms with Gasteiger partial charge < -0.3 is 0 Å². The highest BCUT2D eigenvalue weighted by Crippen LogP contribution is 2.17. The van der Waals surface area contributed by atoms with Crippen LogP contribution in [0.3, 0.4) is 0 Å². The minimum absolute atomic E-state index is 0.0351. The highest BCUT2D eigenvalue weighted by molar-refractivity contribution is 7.89. The van der Waals surface area contributed by atoms with Crippen molar-refractivity contribution in [2.45, 2.75) is 36.7 Å². The number of rotatable bonds is 4. The van der Waals surface area contributed by atoms with E-state index in [2.05, 4.69) is 14.9 Å². The van der Waals surface area contributed by atoms with Gasteiger partial charge in [-0.1, -0.05) is 0 Å². The second kappa shape index (κ2) is 4.11. The van der Waals surface area contributed by atoms with E-state index in [1.54, 1.807) is 20.8 Å². The molecule has 0 aliphatic carbocycles. The van der Waals surface area contributed by atoms with E-state index in [-0.39, 0.29) is 10.4 Å². The summed E-state index contributed by atoms with van der Waals surface area (Å²) in [7, 11) is -3.57. The van der Waals surface area contributed by atoms with Crippen molar-refractivity contribution in [2.24, 2.45) is 0 Å². The Hall–Kier alpha value is -0.590. The number of nitrogens with one attached hydrogen (secondary N) is 2. The fraction of sp³-hybridized carbons (Fsp3) is 0.625. The van der Waals surface area contributed by atoms with Gasteiger partial charge >= 0.3 is 0 Å². The summed E-state index contributed by atoms with van der Waals surface area (Å²) < 4.78 is 26.0. The monoisotopic (exact) mass is 251 g/mol. The van der Waals surface area contributed by atoms with Crippen molar-refractivity contribution in [1.29, 1.82) is 0 Å². The molecule has 1 aromatic rings. The quantitative estimate of drug-likeness (QED) is 0.787. The summed E-state index contributed by atoms with van der Waals surface area (Å²) in [5.41, 5.74) is -0.717. The summed E-state index contributed by atoms with van der Waals surface area (Å²) in [6, 6.07) is 1.39. The third kappa shape index (κ3) is 2.93. The molecule has 0 aliphatic heterocycles. The average Bonchev–Trinajstić information content (AvgIpc) is 2.53. The van der Waals surface area contributed by atoms with Crippen LogP contribution in [0, 0.1) is 0 Å². The number of nitrogens with zero attached hydrogens (tertiary/aromatic N) is 1. The van der Waals surface area contributed by atoms with Crippen molar-refractivity contribution in [3.63, 3.8) is 0 Å². The van der Waals surface area contributed by atoms with Gasteiger partial charge in [0.05, 0.1) is 6.20 Å². The van der Waals surface area contributed by atoms with Crippen molar-refractivity contribution in [3.8, 4) is 0 Å². The molecule has 1 unspecified atom stereocenters. The second-order valence-corrected chi connectivity index (χ2v) is 6.17. The fourth-order valence-electron chi connectivity index (χ4n) is 0.875. The lowest BCUT2D eigenvalue weighted by Gasteiger charge is -2.27. The molecule has 0 amide bonds. The summed E-state index contributed by atoms with van der Waals surface area (Å²) in [6.07, 6.45) is 1.38. The molecule has 0 aliphatic rings. The zero-order valence-electron chi connectivity index (χ0n) is 8.78. The maximum atomic E-state index is 11.8. The molecule has 1 aromatic heterocycles. The number of hydrogen-bond acceptors (Lipinski definition) is 3. The van der Waals surface area contributed by atoms with Gasteiger partial charge in [0, 0.05) is 10.9 Å². The number of H-pyrrole nitrogens is 1. The molecular formula is C8H14ClN3O2S. The predicted octanol–water partition coefficient (Wildman–Crippen LogP) is 1.09. The Morgan fingerprint density at radius 3 is 2.60 bits per heavy atom. The molecule has 86 valence electrons. The van der Waals surface area contributed by atoms with Crippen molar-refractivity contribution in [2.75, 3.05) is 0 Å². The highest BCUT2D eigenvalue weighted by atomic mass is 35.5. The van der Waals surface area contributed by atoms with Crippen LogP contribution >= 0.6 is 11.6 Å². The molecule has 0 radical (unpaired) electrons. The Balaban J connectivity index is 2.92. The third-order valence-electron chi connectivity index (χ3n) is 2.16. The summed E-state index contributed by atoms with van der Waals surface area (Å²) >= 11 is 5.88. The molecule has 7 heteroatoms. The van der Waals surface area contributed by atoms with Crippen LogP contribution < -0.4 is 4.72 Å². The molecule has 0 spiro atoms. The number of halogens is 1. The van der Waals surface area contributed by atoms with E-state index in [1.165, 1.54) is 12.3 Å². The molecule has 15 heavy (non-hydrogen) atoms. The first-order valence-corrected chi connectivity index (χ1v) is 6.35. The summed E-state index contributed by atoms with van der Waals surface area (Å²) in [6.45, 7) is 5.17.